The third-order valence-corrected chi connectivity index (χ3v) is 3.08. The van der Waals surface area contributed by atoms with Gasteiger partial charge in [-0.2, -0.15) is 15.6 Å². The molecular formula is C15H14N4O2. The van der Waals surface area contributed by atoms with E-state index >= 15 is 0 Å². The number of nitrogens with zero attached hydrogens (tertiary/aromatic N) is 4. The Labute approximate surface area is 122 Å². The monoisotopic (exact) mass is 282 g/mol. The van der Waals surface area contributed by atoms with E-state index in [4.69, 9.17) is 20.4 Å². The lowest BCUT2D eigenvalue weighted by Crippen LogP contribution is -2.05. The van der Waals surface area contributed by atoms with Gasteiger partial charge < -0.3 is 9.84 Å². The zero-order chi connectivity index (χ0) is 15.4. The zero-order valence-electron chi connectivity index (χ0n) is 11.8. The lowest BCUT2D eigenvalue weighted by molar-refractivity contribution is 0.267. The second-order valence-electron chi connectivity index (χ2n) is 4.48. The Morgan fingerprint density at radius 2 is 1.95 bits per heavy atom. The Kier molecular flexibility index (Phi) is 4.22. The first-order chi connectivity index (χ1) is 10.1. The molecule has 0 amide bonds. The summed E-state index contributed by atoms with van der Waals surface area (Å²) in [6, 6.07) is 8.65. The van der Waals surface area contributed by atoms with Gasteiger partial charge in [0, 0.05) is 0 Å². The molecule has 0 atom stereocenters. The molecule has 6 nitrogen and oxygen atoms in total. The van der Waals surface area contributed by atoms with Crippen molar-refractivity contribution < 1.29 is 9.84 Å². The predicted octanol–water partition coefficient (Wildman–Crippen LogP) is 2.03. The van der Waals surface area contributed by atoms with Crippen LogP contribution in [0, 0.1) is 36.5 Å². The Morgan fingerprint density at radius 1 is 1.24 bits per heavy atom. The Bertz CT molecular complexity index is 750. The lowest BCUT2D eigenvalue weighted by Gasteiger charge is -2.07. The first-order valence-corrected chi connectivity index (χ1v) is 6.37. The van der Waals surface area contributed by atoms with Crippen LogP contribution in [0.4, 0.5) is 0 Å². The highest BCUT2D eigenvalue weighted by Gasteiger charge is 2.14. The predicted molar refractivity (Wildman–Crippen MR) is 74.7 cm³/mol. The fourth-order valence-electron chi connectivity index (χ4n) is 2.04. The van der Waals surface area contributed by atoms with Crippen molar-refractivity contribution in [3.63, 3.8) is 0 Å². The second-order valence-corrected chi connectivity index (χ2v) is 4.48. The van der Waals surface area contributed by atoms with Crippen LogP contribution in [0.2, 0.25) is 0 Å². The molecule has 2 aromatic rings. The van der Waals surface area contributed by atoms with Gasteiger partial charge in [0.05, 0.1) is 30.0 Å². The van der Waals surface area contributed by atoms with Crippen molar-refractivity contribution in [2.45, 2.75) is 20.4 Å². The largest absolute Gasteiger partial charge is 0.453 e. The molecule has 0 radical (unpaired) electrons. The summed E-state index contributed by atoms with van der Waals surface area (Å²) in [7, 11) is 0. The molecule has 0 unspecified atom stereocenters. The first kappa shape index (κ1) is 14.6. The van der Waals surface area contributed by atoms with E-state index < -0.39 is 0 Å². The van der Waals surface area contributed by atoms with Gasteiger partial charge in [0.2, 0.25) is 0 Å². The van der Waals surface area contributed by atoms with Crippen molar-refractivity contribution in [2.24, 2.45) is 0 Å². The minimum atomic E-state index is -0.00313. The number of aliphatic hydroxyl groups excluding tert-OH is 1. The number of rotatable bonds is 4. The molecule has 1 aromatic heterocycles. The molecule has 1 N–H and O–H groups in total. The van der Waals surface area contributed by atoms with Gasteiger partial charge in [0.1, 0.15) is 23.6 Å². The van der Waals surface area contributed by atoms with E-state index in [1.165, 1.54) is 6.07 Å². The summed E-state index contributed by atoms with van der Waals surface area (Å²) in [5.41, 5.74) is 2.08. The van der Waals surface area contributed by atoms with Crippen LogP contribution in [0.15, 0.2) is 18.2 Å². The quantitative estimate of drug-likeness (QED) is 0.925. The van der Waals surface area contributed by atoms with Gasteiger partial charge in [-0.05, 0) is 32.0 Å². The van der Waals surface area contributed by atoms with Crippen molar-refractivity contribution >= 4 is 0 Å². The molecule has 1 heterocycles. The highest BCUT2D eigenvalue weighted by molar-refractivity contribution is 5.50. The molecule has 6 heteroatoms. The molecular weight excluding hydrogens is 268 g/mol. The normalized spacial score (nSPS) is 9.95. The van der Waals surface area contributed by atoms with Crippen molar-refractivity contribution in [1.82, 2.24) is 9.78 Å². The summed E-state index contributed by atoms with van der Waals surface area (Å²) in [4.78, 5) is 0. The van der Waals surface area contributed by atoms with Gasteiger partial charge in [-0.1, -0.05) is 0 Å². The van der Waals surface area contributed by atoms with E-state index in [0.29, 0.717) is 29.3 Å². The Hall–Kier alpha value is -2.83. The maximum atomic E-state index is 9.02. The van der Waals surface area contributed by atoms with Gasteiger partial charge in [0.15, 0.2) is 5.75 Å². The summed E-state index contributed by atoms with van der Waals surface area (Å²) in [6.07, 6.45) is 0. The van der Waals surface area contributed by atoms with Gasteiger partial charge in [-0.3, -0.25) is 4.68 Å². The number of hydrogen-bond acceptors (Lipinski definition) is 5. The molecule has 2 rings (SSSR count). The highest BCUT2D eigenvalue weighted by Crippen LogP contribution is 2.29. The molecule has 0 aliphatic rings. The third-order valence-electron chi connectivity index (χ3n) is 3.08. The van der Waals surface area contributed by atoms with Crippen LogP contribution >= 0.6 is 0 Å². The first-order valence-electron chi connectivity index (χ1n) is 6.37. The maximum absolute atomic E-state index is 9.02. The van der Waals surface area contributed by atoms with Crippen LogP contribution in [0.5, 0.6) is 11.5 Å². The summed E-state index contributed by atoms with van der Waals surface area (Å²) in [5.74, 6) is 1.07. The number of benzene rings is 1. The van der Waals surface area contributed by atoms with Crippen LogP contribution in [0.3, 0.4) is 0 Å². The van der Waals surface area contributed by atoms with Crippen molar-refractivity contribution in [1.29, 1.82) is 10.5 Å². The molecule has 21 heavy (non-hydrogen) atoms. The third kappa shape index (κ3) is 2.86. The summed E-state index contributed by atoms with van der Waals surface area (Å²) in [6.45, 7) is 4.05. The van der Waals surface area contributed by atoms with Crippen LogP contribution in [0.1, 0.15) is 22.5 Å². The van der Waals surface area contributed by atoms with Crippen molar-refractivity contribution in [3.8, 4) is 23.6 Å². The average Bonchev–Trinajstić information content (AvgIpc) is 2.75. The number of aliphatic hydroxyl groups is 1. The highest BCUT2D eigenvalue weighted by atomic mass is 16.5. The fourth-order valence-corrected chi connectivity index (χ4v) is 2.04. The van der Waals surface area contributed by atoms with E-state index in [9.17, 15) is 0 Å². The topological polar surface area (TPSA) is 94.9 Å². The smallest absolute Gasteiger partial charge is 0.171 e. The van der Waals surface area contributed by atoms with E-state index in [-0.39, 0.29) is 12.2 Å². The number of ether oxygens (including phenoxy) is 1. The van der Waals surface area contributed by atoms with Crippen LogP contribution in [-0.4, -0.2) is 21.5 Å². The van der Waals surface area contributed by atoms with E-state index in [1.807, 2.05) is 26.0 Å². The zero-order valence-corrected chi connectivity index (χ0v) is 11.8. The summed E-state index contributed by atoms with van der Waals surface area (Å²) >= 11 is 0. The van der Waals surface area contributed by atoms with Gasteiger partial charge >= 0.3 is 0 Å². The minimum absolute atomic E-state index is 0.00313. The molecule has 106 valence electrons. The van der Waals surface area contributed by atoms with Crippen LogP contribution in [0.25, 0.3) is 0 Å². The molecule has 0 bridgehead atoms. The van der Waals surface area contributed by atoms with Gasteiger partial charge in [-0.25, -0.2) is 0 Å². The van der Waals surface area contributed by atoms with Crippen LogP contribution in [-0.2, 0) is 6.54 Å². The van der Waals surface area contributed by atoms with Gasteiger partial charge in [-0.15, -0.1) is 0 Å². The average molecular weight is 282 g/mol. The summed E-state index contributed by atoms with van der Waals surface area (Å²) in [5, 5.41) is 31.2. The van der Waals surface area contributed by atoms with Crippen molar-refractivity contribution in [2.75, 3.05) is 6.61 Å². The number of aryl methyl sites for hydroxylation is 1. The SMILES string of the molecule is Cc1nn(CCO)c(C)c1Oc1ccc(C#N)c(C#N)c1. The fraction of sp³-hybridized carbons (Fsp3) is 0.267. The van der Waals surface area contributed by atoms with Crippen LogP contribution < -0.4 is 4.74 Å². The van der Waals surface area contributed by atoms with Gasteiger partial charge in [0.25, 0.3) is 0 Å². The molecule has 0 aliphatic heterocycles. The molecule has 0 saturated carbocycles. The van der Waals surface area contributed by atoms with E-state index in [2.05, 4.69) is 5.10 Å². The Morgan fingerprint density at radius 3 is 2.57 bits per heavy atom. The summed E-state index contributed by atoms with van der Waals surface area (Å²) < 4.78 is 7.45. The maximum Gasteiger partial charge on any atom is 0.171 e. The Balaban J connectivity index is 2.35. The second kappa shape index (κ2) is 6.08. The lowest BCUT2D eigenvalue weighted by atomic mass is 10.1. The molecule has 0 spiro atoms. The minimum Gasteiger partial charge on any atom is -0.453 e. The number of hydrogen-bond donors (Lipinski definition) is 1. The van der Waals surface area contributed by atoms with E-state index in [0.717, 1.165) is 5.69 Å². The molecule has 0 saturated heterocycles. The standard InChI is InChI=1S/C15H14N4O2/c1-10-15(11(2)19(18-10)5-6-20)21-14-4-3-12(8-16)13(7-14)9-17/h3-4,7,20H,5-6H2,1-2H3. The van der Waals surface area contributed by atoms with E-state index in [1.54, 1.807) is 16.8 Å². The number of aromatic nitrogens is 2. The molecule has 0 fully saturated rings. The molecule has 0 aliphatic carbocycles. The number of nitriles is 2. The van der Waals surface area contributed by atoms with Crippen molar-refractivity contribution in [3.05, 3.63) is 40.7 Å². The molecule has 1 aromatic carbocycles.